The van der Waals surface area contributed by atoms with Gasteiger partial charge in [0, 0.05) is 30.4 Å². The van der Waals surface area contributed by atoms with Crippen molar-refractivity contribution in [2.24, 2.45) is 0 Å². The summed E-state index contributed by atoms with van der Waals surface area (Å²) in [6.07, 6.45) is 1.51. The first kappa shape index (κ1) is 13.1. The van der Waals surface area contributed by atoms with Crippen LogP contribution in [0.25, 0.3) is 0 Å². The molecule has 0 aliphatic carbocycles. The molecule has 0 saturated carbocycles. The highest BCUT2D eigenvalue weighted by atomic mass is 79.9. The summed E-state index contributed by atoms with van der Waals surface area (Å²) >= 11 is 3.43. The SMILES string of the molecule is O=C(c1ccccc1Br)N1CCC2(CC1)OCCO2. The molecule has 0 bridgehead atoms. The molecule has 0 radical (unpaired) electrons. The van der Waals surface area contributed by atoms with Gasteiger partial charge in [-0.05, 0) is 28.1 Å². The fourth-order valence-corrected chi connectivity index (χ4v) is 3.10. The van der Waals surface area contributed by atoms with Gasteiger partial charge in [0.25, 0.3) is 5.91 Å². The molecular formula is C14H16BrNO3. The Labute approximate surface area is 120 Å². The maximum atomic E-state index is 12.4. The van der Waals surface area contributed by atoms with Crippen LogP contribution in [0.5, 0.6) is 0 Å². The summed E-state index contributed by atoms with van der Waals surface area (Å²) in [7, 11) is 0. The van der Waals surface area contributed by atoms with E-state index in [1.807, 2.05) is 29.2 Å². The van der Waals surface area contributed by atoms with Crippen molar-refractivity contribution >= 4 is 21.8 Å². The molecule has 2 fully saturated rings. The number of piperidine rings is 1. The maximum absolute atomic E-state index is 12.4. The van der Waals surface area contributed by atoms with E-state index >= 15 is 0 Å². The zero-order chi connectivity index (χ0) is 13.3. The number of ether oxygens (including phenoxy) is 2. The van der Waals surface area contributed by atoms with Crippen molar-refractivity contribution < 1.29 is 14.3 Å². The molecule has 2 aliphatic rings. The van der Waals surface area contributed by atoms with Crippen molar-refractivity contribution in [1.82, 2.24) is 4.90 Å². The van der Waals surface area contributed by atoms with Crippen LogP contribution in [0, 0.1) is 0 Å². The number of hydrogen-bond donors (Lipinski definition) is 0. The molecule has 102 valence electrons. The van der Waals surface area contributed by atoms with E-state index in [4.69, 9.17) is 9.47 Å². The standard InChI is InChI=1S/C14H16BrNO3/c15-12-4-2-1-3-11(12)13(17)16-7-5-14(6-8-16)18-9-10-19-14/h1-4H,5-10H2. The number of carbonyl (C=O) groups excluding carboxylic acids is 1. The second-order valence-electron chi connectivity index (χ2n) is 4.88. The van der Waals surface area contributed by atoms with Crippen LogP contribution in [-0.4, -0.2) is 42.9 Å². The van der Waals surface area contributed by atoms with Gasteiger partial charge in [-0.3, -0.25) is 4.79 Å². The molecule has 0 atom stereocenters. The molecule has 1 amide bonds. The van der Waals surface area contributed by atoms with Crippen LogP contribution in [0.15, 0.2) is 28.7 Å². The van der Waals surface area contributed by atoms with Gasteiger partial charge in [0.1, 0.15) is 0 Å². The number of likely N-dealkylation sites (tertiary alicyclic amines) is 1. The van der Waals surface area contributed by atoms with E-state index in [0.717, 1.165) is 17.3 Å². The topological polar surface area (TPSA) is 38.8 Å². The van der Waals surface area contributed by atoms with Gasteiger partial charge in [-0.2, -0.15) is 0 Å². The zero-order valence-corrected chi connectivity index (χ0v) is 12.2. The highest BCUT2D eigenvalue weighted by Gasteiger charge is 2.40. The number of halogens is 1. The zero-order valence-electron chi connectivity index (χ0n) is 10.6. The highest BCUT2D eigenvalue weighted by molar-refractivity contribution is 9.10. The molecule has 4 nitrogen and oxygen atoms in total. The number of carbonyl (C=O) groups is 1. The largest absolute Gasteiger partial charge is 0.347 e. The summed E-state index contributed by atoms with van der Waals surface area (Å²) < 4.78 is 12.2. The summed E-state index contributed by atoms with van der Waals surface area (Å²) in [4.78, 5) is 14.3. The summed E-state index contributed by atoms with van der Waals surface area (Å²) in [5.41, 5.74) is 0.715. The summed E-state index contributed by atoms with van der Waals surface area (Å²) in [6.45, 7) is 2.69. The molecule has 19 heavy (non-hydrogen) atoms. The molecule has 1 aromatic rings. The molecule has 2 saturated heterocycles. The Morgan fingerprint density at radius 1 is 1.16 bits per heavy atom. The van der Waals surface area contributed by atoms with E-state index in [9.17, 15) is 4.79 Å². The van der Waals surface area contributed by atoms with Crippen LogP contribution in [0.4, 0.5) is 0 Å². The van der Waals surface area contributed by atoms with E-state index in [2.05, 4.69) is 15.9 Å². The normalized spacial score (nSPS) is 21.8. The third kappa shape index (κ3) is 2.55. The van der Waals surface area contributed by atoms with E-state index in [-0.39, 0.29) is 5.91 Å². The molecular weight excluding hydrogens is 310 g/mol. The van der Waals surface area contributed by atoms with Gasteiger partial charge in [0.05, 0.1) is 18.8 Å². The van der Waals surface area contributed by atoms with Crippen LogP contribution >= 0.6 is 15.9 Å². The predicted molar refractivity (Wildman–Crippen MR) is 73.9 cm³/mol. The molecule has 2 heterocycles. The summed E-state index contributed by atoms with van der Waals surface area (Å²) in [6, 6.07) is 7.53. The average Bonchev–Trinajstić information content (AvgIpc) is 2.88. The number of rotatable bonds is 1. The lowest BCUT2D eigenvalue weighted by Gasteiger charge is -2.37. The van der Waals surface area contributed by atoms with Crippen molar-refractivity contribution in [2.45, 2.75) is 18.6 Å². The molecule has 1 aromatic carbocycles. The smallest absolute Gasteiger partial charge is 0.255 e. The van der Waals surface area contributed by atoms with Crippen molar-refractivity contribution in [2.75, 3.05) is 26.3 Å². The third-order valence-electron chi connectivity index (χ3n) is 3.73. The van der Waals surface area contributed by atoms with Crippen LogP contribution in [0.1, 0.15) is 23.2 Å². The lowest BCUT2D eigenvalue weighted by molar-refractivity contribution is -0.181. The van der Waals surface area contributed by atoms with Crippen molar-refractivity contribution in [3.63, 3.8) is 0 Å². The molecule has 3 rings (SSSR count). The Hall–Kier alpha value is -0.910. The first-order chi connectivity index (χ1) is 9.20. The lowest BCUT2D eigenvalue weighted by Crippen LogP contribution is -2.47. The second-order valence-corrected chi connectivity index (χ2v) is 5.73. The van der Waals surface area contributed by atoms with Crippen molar-refractivity contribution in [1.29, 1.82) is 0 Å². The van der Waals surface area contributed by atoms with Gasteiger partial charge in [-0.25, -0.2) is 0 Å². The minimum absolute atomic E-state index is 0.0697. The Bertz CT molecular complexity index is 475. The van der Waals surface area contributed by atoms with Crippen molar-refractivity contribution in [3.8, 4) is 0 Å². The fraction of sp³-hybridized carbons (Fsp3) is 0.500. The van der Waals surface area contributed by atoms with Crippen molar-refractivity contribution in [3.05, 3.63) is 34.3 Å². The van der Waals surface area contributed by atoms with Crippen LogP contribution < -0.4 is 0 Å². The van der Waals surface area contributed by atoms with E-state index in [0.29, 0.717) is 31.9 Å². The molecule has 1 spiro atoms. The Morgan fingerprint density at radius 2 is 1.79 bits per heavy atom. The third-order valence-corrected chi connectivity index (χ3v) is 4.42. The molecule has 0 N–H and O–H groups in total. The first-order valence-corrected chi connectivity index (χ1v) is 7.31. The predicted octanol–water partition coefficient (Wildman–Crippen LogP) is 2.43. The van der Waals surface area contributed by atoms with Crippen LogP contribution in [0.2, 0.25) is 0 Å². The van der Waals surface area contributed by atoms with E-state index in [1.54, 1.807) is 0 Å². The number of nitrogens with zero attached hydrogens (tertiary/aromatic N) is 1. The van der Waals surface area contributed by atoms with Gasteiger partial charge in [-0.15, -0.1) is 0 Å². The van der Waals surface area contributed by atoms with Gasteiger partial charge >= 0.3 is 0 Å². The Balaban J connectivity index is 1.68. The monoisotopic (exact) mass is 325 g/mol. The molecule has 0 unspecified atom stereocenters. The number of hydrogen-bond acceptors (Lipinski definition) is 3. The number of benzene rings is 1. The highest BCUT2D eigenvalue weighted by Crippen LogP contribution is 2.32. The van der Waals surface area contributed by atoms with Crippen LogP contribution in [0.3, 0.4) is 0 Å². The fourth-order valence-electron chi connectivity index (χ4n) is 2.64. The summed E-state index contributed by atoms with van der Waals surface area (Å²) in [5, 5.41) is 0. The average molecular weight is 326 g/mol. The van der Waals surface area contributed by atoms with E-state index in [1.165, 1.54) is 0 Å². The Morgan fingerprint density at radius 3 is 2.42 bits per heavy atom. The van der Waals surface area contributed by atoms with Gasteiger partial charge in [0.2, 0.25) is 0 Å². The molecule has 0 aromatic heterocycles. The van der Waals surface area contributed by atoms with Gasteiger partial charge in [-0.1, -0.05) is 12.1 Å². The molecule has 5 heteroatoms. The quantitative estimate of drug-likeness (QED) is 0.796. The maximum Gasteiger partial charge on any atom is 0.255 e. The van der Waals surface area contributed by atoms with Gasteiger partial charge < -0.3 is 14.4 Å². The second kappa shape index (κ2) is 5.23. The summed E-state index contributed by atoms with van der Waals surface area (Å²) in [5.74, 6) is -0.356. The van der Waals surface area contributed by atoms with Crippen LogP contribution in [-0.2, 0) is 9.47 Å². The lowest BCUT2D eigenvalue weighted by atomic mass is 10.0. The molecule has 2 aliphatic heterocycles. The Kier molecular flexibility index (Phi) is 3.60. The minimum atomic E-state index is -0.426. The van der Waals surface area contributed by atoms with E-state index < -0.39 is 5.79 Å². The minimum Gasteiger partial charge on any atom is -0.347 e. The van der Waals surface area contributed by atoms with Gasteiger partial charge in [0.15, 0.2) is 5.79 Å². The first-order valence-electron chi connectivity index (χ1n) is 6.52. The number of amides is 1.